The van der Waals surface area contributed by atoms with Crippen LogP contribution in [0.5, 0.6) is 0 Å². The number of H-pyrrole nitrogens is 1. The van der Waals surface area contributed by atoms with Crippen molar-refractivity contribution < 1.29 is 4.39 Å². The molecule has 0 aliphatic carbocycles. The monoisotopic (exact) mass is 273 g/mol. The lowest BCUT2D eigenvalue weighted by molar-refractivity contribution is 0.628. The summed E-state index contributed by atoms with van der Waals surface area (Å²) < 4.78 is 15.4. The van der Waals surface area contributed by atoms with E-state index in [4.69, 9.17) is 0 Å². The summed E-state index contributed by atoms with van der Waals surface area (Å²) in [7, 11) is 3.04. The summed E-state index contributed by atoms with van der Waals surface area (Å²) in [5.74, 6) is -0.343. The average Bonchev–Trinajstić information content (AvgIpc) is 2.88. The molecule has 1 N–H and O–H groups in total. The molecule has 0 amide bonds. The predicted molar refractivity (Wildman–Crippen MR) is 74.2 cm³/mol. The number of nitrogens with one attached hydrogen (secondary N) is 1. The van der Waals surface area contributed by atoms with Gasteiger partial charge in [0.25, 0.3) is 5.56 Å². The van der Waals surface area contributed by atoms with Gasteiger partial charge >= 0.3 is 5.69 Å². The van der Waals surface area contributed by atoms with Gasteiger partial charge in [-0.15, -0.1) is 0 Å². The number of rotatable bonds is 1. The molecular weight excluding hydrogens is 261 g/mol. The molecule has 3 rings (SSSR count). The van der Waals surface area contributed by atoms with E-state index < -0.39 is 0 Å². The normalized spacial score (nSPS) is 11.2. The first-order valence-electron chi connectivity index (χ1n) is 6.03. The molecule has 3 aromatic rings. The Bertz CT molecular complexity index is 916. The van der Waals surface area contributed by atoms with Gasteiger partial charge in [0.15, 0.2) is 0 Å². The maximum absolute atomic E-state index is 13.0. The summed E-state index contributed by atoms with van der Waals surface area (Å²) in [6.45, 7) is 0. The third kappa shape index (κ3) is 1.61. The first-order valence-corrected chi connectivity index (χ1v) is 6.03. The molecule has 20 heavy (non-hydrogen) atoms. The van der Waals surface area contributed by atoms with E-state index in [1.807, 2.05) is 0 Å². The third-order valence-electron chi connectivity index (χ3n) is 3.45. The Balaban J connectivity index is 2.43. The molecule has 0 aliphatic heterocycles. The van der Waals surface area contributed by atoms with E-state index in [1.54, 1.807) is 25.4 Å². The number of aryl methyl sites for hydroxylation is 1. The van der Waals surface area contributed by atoms with Gasteiger partial charge < -0.3 is 4.98 Å². The van der Waals surface area contributed by atoms with E-state index in [0.717, 1.165) is 4.57 Å². The maximum Gasteiger partial charge on any atom is 0.330 e. The Morgan fingerprint density at radius 1 is 1.05 bits per heavy atom. The Hall–Kier alpha value is -2.63. The average molecular weight is 273 g/mol. The van der Waals surface area contributed by atoms with E-state index in [2.05, 4.69) is 4.98 Å². The molecule has 2 aromatic heterocycles. The van der Waals surface area contributed by atoms with Gasteiger partial charge in [0.2, 0.25) is 0 Å². The second-order valence-corrected chi connectivity index (χ2v) is 4.64. The van der Waals surface area contributed by atoms with Crippen molar-refractivity contribution in [1.29, 1.82) is 0 Å². The molecular formula is C14H12FN3O2. The summed E-state index contributed by atoms with van der Waals surface area (Å²) in [4.78, 5) is 27.1. The molecule has 0 radical (unpaired) electrons. The molecule has 102 valence electrons. The van der Waals surface area contributed by atoms with E-state index in [1.165, 1.54) is 23.7 Å². The Kier molecular flexibility index (Phi) is 2.60. The van der Waals surface area contributed by atoms with Crippen molar-refractivity contribution in [3.63, 3.8) is 0 Å². The fourth-order valence-corrected chi connectivity index (χ4v) is 2.32. The van der Waals surface area contributed by atoms with Crippen LogP contribution >= 0.6 is 0 Å². The van der Waals surface area contributed by atoms with Crippen LogP contribution in [0.2, 0.25) is 0 Å². The van der Waals surface area contributed by atoms with Crippen LogP contribution in [0.25, 0.3) is 22.2 Å². The van der Waals surface area contributed by atoms with Crippen molar-refractivity contribution in [3.05, 3.63) is 57.1 Å². The van der Waals surface area contributed by atoms with Crippen molar-refractivity contribution in [2.45, 2.75) is 0 Å². The highest BCUT2D eigenvalue weighted by Crippen LogP contribution is 2.24. The van der Waals surface area contributed by atoms with E-state index in [9.17, 15) is 14.0 Å². The summed E-state index contributed by atoms with van der Waals surface area (Å²) in [6, 6.07) is 5.83. The molecule has 0 atom stereocenters. The number of halogens is 1. The Morgan fingerprint density at radius 3 is 2.35 bits per heavy atom. The molecule has 1 aromatic carbocycles. The van der Waals surface area contributed by atoms with E-state index in [0.29, 0.717) is 22.2 Å². The molecule has 0 spiro atoms. The summed E-state index contributed by atoms with van der Waals surface area (Å²) in [5, 5.41) is 0.418. The highest BCUT2D eigenvalue weighted by molar-refractivity contribution is 5.92. The third-order valence-corrected chi connectivity index (χ3v) is 3.45. The standard InChI is InChI=1S/C14H12FN3O2/c1-17-10-7-16-12(8-3-5-9(15)6-4-8)11(10)13(19)18(2)14(17)20/h3-7,16H,1-2H3. The van der Waals surface area contributed by atoms with E-state index >= 15 is 0 Å². The van der Waals surface area contributed by atoms with E-state index in [-0.39, 0.29) is 17.1 Å². The van der Waals surface area contributed by atoms with Gasteiger partial charge in [-0.05, 0) is 29.8 Å². The van der Waals surface area contributed by atoms with Gasteiger partial charge in [0, 0.05) is 20.3 Å². The quantitative estimate of drug-likeness (QED) is 0.728. The number of benzene rings is 1. The van der Waals surface area contributed by atoms with Crippen LogP contribution in [0.4, 0.5) is 4.39 Å². The zero-order valence-corrected chi connectivity index (χ0v) is 11.0. The molecule has 5 nitrogen and oxygen atoms in total. The number of aromatic amines is 1. The highest BCUT2D eigenvalue weighted by Gasteiger charge is 2.15. The van der Waals surface area contributed by atoms with Crippen molar-refractivity contribution in [1.82, 2.24) is 14.1 Å². The fraction of sp³-hybridized carbons (Fsp3) is 0.143. The predicted octanol–water partition coefficient (Wildman–Crippen LogP) is 1.37. The molecule has 0 saturated carbocycles. The molecule has 0 fully saturated rings. The van der Waals surface area contributed by atoms with Crippen LogP contribution in [0.1, 0.15) is 0 Å². The highest BCUT2D eigenvalue weighted by atomic mass is 19.1. The smallest absolute Gasteiger partial charge is 0.330 e. The lowest BCUT2D eigenvalue weighted by Crippen LogP contribution is -2.36. The molecule has 0 saturated heterocycles. The molecule has 2 heterocycles. The summed E-state index contributed by atoms with van der Waals surface area (Å²) >= 11 is 0. The molecule has 6 heteroatoms. The second-order valence-electron chi connectivity index (χ2n) is 4.64. The largest absolute Gasteiger partial charge is 0.359 e. The van der Waals surface area contributed by atoms with Gasteiger partial charge in [-0.3, -0.25) is 13.9 Å². The minimum absolute atomic E-state index is 0.343. The number of hydrogen-bond donors (Lipinski definition) is 1. The second kappa shape index (κ2) is 4.19. The topological polar surface area (TPSA) is 59.8 Å². The van der Waals surface area contributed by atoms with Crippen molar-refractivity contribution in [2.75, 3.05) is 0 Å². The lowest BCUT2D eigenvalue weighted by atomic mass is 10.1. The SMILES string of the molecule is Cn1c(=O)c2c(-c3ccc(F)cc3)[nH]cc2n(C)c1=O. The maximum atomic E-state index is 13.0. The molecule has 0 aliphatic rings. The zero-order valence-electron chi connectivity index (χ0n) is 11.0. The van der Waals surface area contributed by atoms with Gasteiger partial charge in [-0.1, -0.05) is 0 Å². The summed E-state index contributed by atoms with van der Waals surface area (Å²) in [5.41, 5.74) is 1.04. The first-order chi connectivity index (χ1) is 9.50. The van der Waals surface area contributed by atoms with Crippen molar-refractivity contribution in [2.24, 2.45) is 14.1 Å². The van der Waals surface area contributed by atoms with Gasteiger partial charge in [0.1, 0.15) is 5.82 Å². The fourth-order valence-electron chi connectivity index (χ4n) is 2.32. The van der Waals surface area contributed by atoms with Gasteiger partial charge in [0.05, 0.1) is 16.6 Å². The number of aromatic nitrogens is 3. The summed E-state index contributed by atoms with van der Waals surface area (Å²) in [6.07, 6.45) is 1.61. The zero-order chi connectivity index (χ0) is 14.4. The van der Waals surface area contributed by atoms with Crippen LogP contribution in [-0.2, 0) is 14.1 Å². The first kappa shape index (κ1) is 12.4. The minimum atomic E-state index is -0.382. The van der Waals surface area contributed by atoms with Crippen LogP contribution in [0.15, 0.2) is 40.1 Å². The van der Waals surface area contributed by atoms with Gasteiger partial charge in [-0.25, -0.2) is 9.18 Å². The Morgan fingerprint density at radius 2 is 1.70 bits per heavy atom. The number of fused-ring (bicyclic) bond motifs is 1. The van der Waals surface area contributed by atoms with Gasteiger partial charge in [-0.2, -0.15) is 0 Å². The lowest BCUT2D eigenvalue weighted by Gasteiger charge is -2.05. The van der Waals surface area contributed by atoms with Crippen LogP contribution in [0.3, 0.4) is 0 Å². The number of hydrogen-bond acceptors (Lipinski definition) is 2. The number of nitrogens with zero attached hydrogens (tertiary/aromatic N) is 2. The molecule has 0 unspecified atom stereocenters. The van der Waals surface area contributed by atoms with Crippen LogP contribution in [0, 0.1) is 5.82 Å². The Labute approximate surface area is 112 Å². The minimum Gasteiger partial charge on any atom is -0.359 e. The van der Waals surface area contributed by atoms with Crippen molar-refractivity contribution in [3.8, 4) is 11.3 Å². The molecule has 0 bridgehead atoms. The van der Waals surface area contributed by atoms with Crippen LogP contribution < -0.4 is 11.2 Å². The van der Waals surface area contributed by atoms with Crippen molar-refractivity contribution >= 4 is 10.9 Å². The van der Waals surface area contributed by atoms with Crippen LogP contribution in [-0.4, -0.2) is 14.1 Å².